The Morgan fingerprint density at radius 1 is 1.11 bits per heavy atom. The first-order valence-corrected chi connectivity index (χ1v) is 9.41. The fourth-order valence-corrected chi connectivity index (χ4v) is 3.35. The molecule has 0 bridgehead atoms. The van der Waals surface area contributed by atoms with Gasteiger partial charge in [-0.15, -0.1) is 0 Å². The van der Waals surface area contributed by atoms with E-state index in [0.717, 1.165) is 0 Å². The van der Waals surface area contributed by atoms with Crippen LogP contribution >= 0.6 is 0 Å². The normalized spacial score (nSPS) is 22.2. The van der Waals surface area contributed by atoms with Crippen LogP contribution in [-0.4, -0.2) is 44.5 Å². The van der Waals surface area contributed by atoms with E-state index < -0.39 is 46.4 Å². The second kappa shape index (κ2) is 8.46. The molecule has 1 fully saturated rings. The number of carbonyl (C=O) groups excluding carboxylic acids is 3. The summed E-state index contributed by atoms with van der Waals surface area (Å²) < 4.78 is 31.2. The molecule has 1 aromatic carbocycles. The van der Waals surface area contributed by atoms with Gasteiger partial charge in [-0.1, -0.05) is 32.0 Å². The van der Waals surface area contributed by atoms with Crippen molar-refractivity contribution in [3.63, 3.8) is 0 Å². The summed E-state index contributed by atoms with van der Waals surface area (Å²) in [6.07, 6.45) is -3.90. The van der Waals surface area contributed by atoms with Gasteiger partial charge in [-0.3, -0.25) is 9.59 Å². The summed E-state index contributed by atoms with van der Waals surface area (Å²) in [6, 6.07) is 7.44. The number of carbonyl (C=O) groups is 3. The number of carboxylic acid groups (broad SMARTS) is 1. The molecule has 1 heterocycles. The van der Waals surface area contributed by atoms with Gasteiger partial charge in [0.05, 0.1) is 5.97 Å². The minimum absolute atomic E-state index is 0.00163. The van der Waals surface area contributed by atoms with Gasteiger partial charge in [-0.2, -0.15) is 8.42 Å². The molecule has 0 unspecified atom stereocenters. The maximum absolute atomic E-state index is 12.5. The number of rotatable bonds is 7. The third kappa shape index (κ3) is 5.74. The van der Waals surface area contributed by atoms with Crippen molar-refractivity contribution >= 4 is 33.9 Å². The summed E-state index contributed by atoms with van der Waals surface area (Å²) in [5.74, 6) is -3.59. The number of benzene rings is 1. The molecule has 0 aromatic heterocycles. The molecule has 1 aliphatic heterocycles. The van der Waals surface area contributed by atoms with Gasteiger partial charge in [-0.25, -0.2) is 8.37 Å². The van der Waals surface area contributed by atoms with E-state index in [0.29, 0.717) is 5.69 Å². The summed E-state index contributed by atoms with van der Waals surface area (Å²) >= 11 is 0. The van der Waals surface area contributed by atoms with E-state index in [-0.39, 0.29) is 12.3 Å². The molecule has 3 atom stereocenters. The van der Waals surface area contributed by atoms with Crippen molar-refractivity contribution in [2.45, 2.75) is 38.5 Å². The van der Waals surface area contributed by atoms with Crippen LogP contribution in [0.4, 0.5) is 5.69 Å². The Bertz CT molecular complexity index is 809. The second-order valence-electron chi connectivity index (χ2n) is 6.31. The van der Waals surface area contributed by atoms with Crippen LogP contribution in [0.2, 0.25) is 0 Å². The molecule has 2 amide bonds. The number of para-hydroxylation sites is 1. The Labute approximate surface area is 156 Å². The Kier molecular flexibility index (Phi) is 6.52. The van der Waals surface area contributed by atoms with Crippen LogP contribution in [0.3, 0.4) is 0 Å². The molecule has 0 aliphatic carbocycles. The molecule has 0 spiro atoms. The molecule has 1 aromatic rings. The zero-order chi connectivity index (χ0) is 20.2. The Balaban J connectivity index is 2.13. The topological polar surface area (TPSA) is 151 Å². The molecule has 27 heavy (non-hydrogen) atoms. The Morgan fingerprint density at radius 3 is 2.26 bits per heavy atom. The Hall–Kier alpha value is -2.50. The highest BCUT2D eigenvalue weighted by Gasteiger charge is 2.46. The van der Waals surface area contributed by atoms with Crippen LogP contribution in [0, 0.1) is 5.92 Å². The van der Waals surface area contributed by atoms with Gasteiger partial charge in [-0.05, 0) is 24.5 Å². The van der Waals surface area contributed by atoms with Crippen LogP contribution in [0.5, 0.6) is 0 Å². The lowest BCUT2D eigenvalue weighted by Crippen LogP contribution is -2.53. The van der Waals surface area contributed by atoms with E-state index in [1.165, 1.54) is 0 Å². The number of nitrogens with one attached hydrogen (secondary N) is 2. The predicted molar refractivity (Wildman–Crippen MR) is 90.1 cm³/mol. The maximum Gasteiger partial charge on any atom is 0.401 e. The van der Waals surface area contributed by atoms with Crippen molar-refractivity contribution in [1.29, 1.82) is 0 Å². The highest BCUT2D eigenvalue weighted by atomic mass is 32.3. The zero-order valence-corrected chi connectivity index (χ0v) is 15.4. The number of carboxylic acids is 1. The van der Waals surface area contributed by atoms with E-state index in [4.69, 9.17) is 0 Å². The molecule has 11 heteroatoms. The first kappa shape index (κ1) is 20.8. The summed E-state index contributed by atoms with van der Waals surface area (Å²) in [7, 11) is -4.64. The molecule has 1 saturated heterocycles. The van der Waals surface area contributed by atoms with Crippen LogP contribution < -0.4 is 15.7 Å². The molecule has 2 rings (SSSR count). The van der Waals surface area contributed by atoms with Gasteiger partial charge >= 0.3 is 10.4 Å². The zero-order valence-electron chi connectivity index (χ0n) is 14.6. The van der Waals surface area contributed by atoms with E-state index >= 15 is 0 Å². The third-order valence-corrected chi connectivity index (χ3v) is 4.48. The molecular formula is C16H19N2O8S-. The molecule has 148 valence electrons. The van der Waals surface area contributed by atoms with E-state index in [9.17, 15) is 27.9 Å². The number of amides is 2. The minimum Gasteiger partial charge on any atom is -0.547 e. The quantitative estimate of drug-likeness (QED) is 0.588. The molecular weight excluding hydrogens is 380 g/mol. The summed E-state index contributed by atoms with van der Waals surface area (Å²) in [6.45, 7) is 3.64. The lowest BCUT2D eigenvalue weighted by atomic mass is 10.0. The van der Waals surface area contributed by atoms with Crippen LogP contribution in [-0.2, 0) is 33.1 Å². The van der Waals surface area contributed by atoms with Gasteiger partial charge in [0.15, 0.2) is 12.2 Å². The van der Waals surface area contributed by atoms with Crippen molar-refractivity contribution < 1.29 is 36.3 Å². The highest BCUT2D eigenvalue weighted by molar-refractivity contribution is 7.82. The number of aliphatic carboxylic acids is 1. The Morgan fingerprint density at radius 2 is 1.70 bits per heavy atom. The average Bonchev–Trinajstić information content (AvgIpc) is 2.91. The first-order valence-electron chi connectivity index (χ1n) is 8.07. The molecule has 0 saturated carbocycles. The number of hydrogen-bond donors (Lipinski definition) is 2. The van der Waals surface area contributed by atoms with Crippen molar-refractivity contribution in [2.75, 3.05) is 5.32 Å². The van der Waals surface area contributed by atoms with Crippen molar-refractivity contribution in [2.24, 2.45) is 5.92 Å². The van der Waals surface area contributed by atoms with E-state index in [1.807, 2.05) is 13.8 Å². The standard InChI is InChI=1S/C16H20N2O8S/c1-9(2)8-11(14(19)17-10-6-4-3-5-7-10)18-15(20)12-13(16(21)22)26-27(23,24)25-12/h3-7,9,11-13H,8H2,1-2H3,(H,17,19)(H,18,20)(H,21,22)/p-1/t11-,12-,13-/m0/s1. The van der Waals surface area contributed by atoms with Crippen LogP contribution in [0.1, 0.15) is 20.3 Å². The van der Waals surface area contributed by atoms with E-state index in [1.54, 1.807) is 30.3 Å². The van der Waals surface area contributed by atoms with Crippen molar-refractivity contribution in [3.8, 4) is 0 Å². The number of anilines is 1. The van der Waals surface area contributed by atoms with Crippen LogP contribution in [0.25, 0.3) is 0 Å². The SMILES string of the molecule is CC(C)C[C@H](NC(=O)[C@H]1OS(=O)(=O)O[C@@H]1C(=O)[O-])C(=O)Nc1ccccc1. The maximum atomic E-state index is 12.5. The van der Waals surface area contributed by atoms with Gasteiger partial charge in [0.25, 0.3) is 5.91 Å². The molecule has 0 radical (unpaired) electrons. The van der Waals surface area contributed by atoms with Gasteiger partial charge in [0.1, 0.15) is 6.04 Å². The second-order valence-corrected chi connectivity index (χ2v) is 7.51. The molecule has 10 nitrogen and oxygen atoms in total. The third-order valence-electron chi connectivity index (χ3n) is 3.59. The van der Waals surface area contributed by atoms with Gasteiger partial charge < -0.3 is 20.5 Å². The number of hydrogen-bond acceptors (Lipinski definition) is 8. The first-order chi connectivity index (χ1) is 12.6. The van der Waals surface area contributed by atoms with Crippen molar-refractivity contribution in [3.05, 3.63) is 30.3 Å². The summed E-state index contributed by atoms with van der Waals surface area (Å²) in [5.41, 5.74) is 0.501. The van der Waals surface area contributed by atoms with Crippen molar-refractivity contribution in [1.82, 2.24) is 5.32 Å². The lowest BCUT2D eigenvalue weighted by Gasteiger charge is -2.22. The summed E-state index contributed by atoms with van der Waals surface area (Å²) in [4.78, 5) is 35.8. The average molecular weight is 399 g/mol. The van der Waals surface area contributed by atoms with Crippen LogP contribution in [0.15, 0.2) is 30.3 Å². The molecule has 2 N–H and O–H groups in total. The monoisotopic (exact) mass is 399 g/mol. The minimum atomic E-state index is -4.64. The fourth-order valence-electron chi connectivity index (χ4n) is 2.43. The van der Waals surface area contributed by atoms with Gasteiger partial charge in [0, 0.05) is 5.69 Å². The highest BCUT2D eigenvalue weighted by Crippen LogP contribution is 2.21. The van der Waals surface area contributed by atoms with E-state index in [2.05, 4.69) is 19.0 Å². The lowest BCUT2D eigenvalue weighted by molar-refractivity contribution is -0.314. The predicted octanol–water partition coefficient (Wildman–Crippen LogP) is -1.07. The summed E-state index contributed by atoms with van der Waals surface area (Å²) in [5, 5.41) is 15.9. The fraction of sp³-hybridized carbons (Fsp3) is 0.438. The molecule has 1 aliphatic rings. The smallest absolute Gasteiger partial charge is 0.401 e. The largest absolute Gasteiger partial charge is 0.547 e. The van der Waals surface area contributed by atoms with Gasteiger partial charge in [0.2, 0.25) is 5.91 Å².